The van der Waals surface area contributed by atoms with Crippen LogP contribution in [-0.4, -0.2) is 11.1 Å². The molecule has 0 atom stereocenters. The van der Waals surface area contributed by atoms with E-state index >= 15 is 0 Å². The first-order chi connectivity index (χ1) is 4.96. The Kier molecular flexibility index (Phi) is 1.63. The first-order valence-corrected chi connectivity index (χ1v) is 3.59. The van der Waals surface area contributed by atoms with E-state index in [9.17, 15) is 4.79 Å². The lowest BCUT2D eigenvalue weighted by atomic mass is 9.82. The molecule has 11 heavy (non-hydrogen) atoms. The van der Waals surface area contributed by atoms with E-state index in [1.54, 1.807) is 6.08 Å². The summed E-state index contributed by atoms with van der Waals surface area (Å²) in [5, 5.41) is 8.77. The lowest BCUT2D eigenvalue weighted by Crippen LogP contribution is -2.19. The molecule has 0 aromatic rings. The van der Waals surface area contributed by atoms with Gasteiger partial charge in [-0.2, -0.15) is 0 Å². The van der Waals surface area contributed by atoms with Crippen molar-refractivity contribution in [1.29, 1.82) is 0 Å². The Balaban J connectivity index is 3.01. The zero-order chi connectivity index (χ0) is 8.65. The van der Waals surface area contributed by atoms with Gasteiger partial charge in [-0.1, -0.05) is 31.6 Å². The van der Waals surface area contributed by atoms with Crippen molar-refractivity contribution in [1.82, 2.24) is 0 Å². The lowest BCUT2D eigenvalue weighted by molar-refractivity contribution is -0.133. The van der Waals surface area contributed by atoms with E-state index in [0.29, 0.717) is 5.57 Å². The van der Waals surface area contributed by atoms with E-state index in [1.807, 2.05) is 26.8 Å². The normalized spacial score (nSPS) is 21.0. The molecular weight excluding hydrogens is 140 g/mol. The molecule has 0 unspecified atom stereocenters. The maximum absolute atomic E-state index is 10.7. The summed E-state index contributed by atoms with van der Waals surface area (Å²) in [6.45, 7) is 5.80. The quantitative estimate of drug-likeness (QED) is 0.623. The van der Waals surface area contributed by atoms with Crippen molar-refractivity contribution in [2.75, 3.05) is 0 Å². The number of carboxylic acids is 1. The molecule has 0 saturated carbocycles. The maximum Gasteiger partial charge on any atom is 0.332 e. The highest BCUT2D eigenvalue weighted by molar-refractivity contribution is 5.90. The average molecular weight is 152 g/mol. The second-order valence-corrected chi connectivity index (χ2v) is 3.36. The lowest BCUT2D eigenvalue weighted by Gasteiger charge is -2.21. The Labute approximate surface area is 66.2 Å². The fraction of sp³-hybridized carbons (Fsp3) is 0.444. The molecule has 0 fully saturated rings. The smallest absolute Gasteiger partial charge is 0.332 e. The molecule has 1 aliphatic rings. The van der Waals surface area contributed by atoms with Gasteiger partial charge >= 0.3 is 5.97 Å². The molecule has 0 bridgehead atoms. The van der Waals surface area contributed by atoms with Crippen LogP contribution >= 0.6 is 0 Å². The van der Waals surface area contributed by atoms with E-state index in [4.69, 9.17) is 5.11 Å². The van der Waals surface area contributed by atoms with Crippen LogP contribution in [0.15, 0.2) is 23.3 Å². The summed E-state index contributed by atoms with van der Waals surface area (Å²) in [5.41, 5.74) is 1.30. The van der Waals surface area contributed by atoms with Crippen molar-refractivity contribution < 1.29 is 9.90 Å². The molecule has 0 aliphatic heterocycles. The number of hydrogen-bond acceptors (Lipinski definition) is 1. The number of hydrogen-bond donors (Lipinski definition) is 1. The van der Waals surface area contributed by atoms with Crippen LogP contribution in [0, 0.1) is 5.41 Å². The van der Waals surface area contributed by atoms with Gasteiger partial charge in [0, 0.05) is 11.0 Å². The third-order valence-corrected chi connectivity index (χ3v) is 2.39. The van der Waals surface area contributed by atoms with Crippen molar-refractivity contribution >= 4 is 5.97 Å². The molecule has 0 spiro atoms. The van der Waals surface area contributed by atoms with Crippen LogP contribution in [0.3, 0.4) is 0 Å². The Morgan fingerprint density at radius 2 is 2.00 bits per heavy atom. The van der Waals surface area contributed by atoms with Crippen molar-refractivity contribution in [2.45, 2.75) is 20.8 Å². The predicted octanol–water partition coefficient (Wildman–Crippen LogP) is 1.98. The zero-order valence-electron chi connectivity index (χ0n) is 7.01. The fourth-order valence-corrected chi connectivity index (χ4v) is 1.18. The van der Waals surface area contributed by atoms with Crippen LogP contribution < -0.4 is 0 Å². The highest BCUT2D eigenvalue weighted by Gasteiger charge is 2.32. The van der Waals surface area contributed by atoms with Gasteiger partial charge in [-0.05, 0) is 6.92 Å². The molecule has 1 rings (SSSR count). The minimum atomic E-state index is -0.817. The number of aliphatic carboxylic acids is 1. The molecule has 0 heterocycles. The Hall–Kier alpha value is -1.05. The van der Waals surface area contributed by atoms with Gasteiger partial charge in [-0.25, -0.2) is 4.79 Å². The van der Waals surface area contributed by atoms with Gasteiger partial charge in [-0.15, -0.1) is 0 Å². The molecule has 2 nitrogen and oxygen atoms in total. The maximum atomic E-state index is 10.7. The van der Waals surface area contributed by atoms with Crippen LogP contribution in [-0.2, 0) is 4.79 Å². The van der Waals surface area contributed by atoms with E-state index < -0.39 is 5.97 Å². The topological polar surface area (TPSA) is 37.3 Å². The van der Waals surface area contributed by atoms with E-state index in [0.717, 1.165) is 5.57 Å². The molecule has 0 aromatic carbocycles. The second-order valence-electron chi connectivity index (χ2n) is 3.36. The molecule has 0 aromatic heterocycles. The van der Waals surface area contributed by atoms with Crippen molar-refractivity contribution in [3.63, 3.8) is 0 Å². The zero-order valence-corrected chi connectivity index (χ0v) is 7.01. The Morgan fingerprint density at radius 3 is 2.18 bits per heavy atom. The number of allylic oxidation sites excluding steroid dienone is 3. The van der Waals surface area contributed by atoms with E-state index in [2.05, 4.69) is 0 Å². The number of carbonyl (C=O) groups is 1. The average Bonchev–Trinajstić information content (AvgIpc) is 2.08. The first kappa shape index (κ1) is 8.05. The van der Waals surface area contributed by atoms with Crippen LogP contribution in [0.4, 0.5) is 0 Å². The molecule has 0 radical (unpaired) electrons. The van der Waals surface area contributed by atoms with Gasteiger partial charge in [0.15, 0.2) is 0 Å². The highest BCUT2D eigenvalue weighted by atomic mass is 16.4. The largest absolute Gasteiger partial charge is 0.478 e. The molecule has 1 N–H and O–H groups in total. The standard InChI is InChI=1S/C9H12O2/c1-6-4-5-7(8(10)11)9(6,2)3/h4-5H,1-3H3,(H,10,11). The van der Waals surface area contributed by atoms with Crippen LogP contribution in [0.5, 0.6) is 0 Å². The van der Waals surface area contributed by atoms with Gasteiger partial charge in [0.05, 0.1) is 0 Å². The monoisotopic (exact) mass is 152 g/mol. The van der Waals surface area contributed by atoms with Gasteiger partial charge in [0.2, 0.25) is 0 Å². The van der Waals surface area contributed by atoms with Gasteiger partial charge in [0.1, 0.15) is 0 Å². The summed E-state index contributed by atoms with van der Waals surface area (Å²) in [6.07, 6.45) is 3.54. The number of rotatable bonds is 1. The number of carboxylic acid groups (broad SMARTS) is 1. The van der Waals surface area contributed by atoms with Crippen LogP contribution in [0.1, 0.15) is 20.8 Å². The summed E-state index contributed by atoms with van der Waals surface area (Å²) < 4.78 is 0. The van der Waals surface area contributed by atoms with Gasteiger partial charge < -0.3 is 5.11 Å². The van der Waals surface area contributed by atoms with Crippen LogP contribution in [0.2, 0.25) is 0 Å². The van der Waals surface area contributed by atoms with Crippen LogP contribution in [0.25, 0.3) is 0 Å². The molecule has 0 saturated heterocycles. The summed E-state index contributed by atoms with van der Waals surface area (Å²) in [6, 6.07) is 0. The van der Waals surface area contributed by atoms with Crippen molar-refractivity contribution in [2.24, 2.45) is 5.41 Å². The molecule has 2 heteroatoms. The van der Waals surface area contributed by atoms with E-state index in [-0.39, 0.29) is 5.41 Å². The van der Waals surface area contributed by atoms with Crippen molar-refractivity contribution in [3.8, 4) is 0 Å². The highest BCUT2D eigenvalue weighted by Crippen LogP contribution is 2.38. The summed E-state index contributed by atoms with van der Waals surface area (Å²) >= 11 is 0. The molecular formula is C9H12O2. The molecule has 1 aliphatic carbocycles. The minimum absolute atomic E-state index is 0.286. The SMILES string of the molecule is CC1=CC=C(C(=O)O)C1(C)C. The third kappa shape index (κ3) is 1.09. The van der Waals surface area contributed by atoms with E-state index in [1.165, 1.54) is 0 Å². The second kappa shape index (κ2) is 2.22. The molecule has 0 amide bonds. The van der Waals surface area contributed by atoms with Crippen molar-refractivity contribution in [3.05, 3.63) is 23.3 Å². The van der Waals surface area contributed by atoms with Gasteiger partial charge in [0.25, 0.3) is 0 Å². The van der Waals surface area contributed by atoms with Gasteiger partial charge in [-0.3, -0.25) is 0 Å². The third-order valence-electron chi connectivity index (χ3n) is 2.39. The Bertz CT molecular complexity index is 257. The minimum Gasteiger partial charge on any atom is -0.478 e. The predicted molar refractivity (Wildman–Crippen MR) is 43.3 cm³/mol. The summed E-state index contributed by atoms with van der Waals surface area (Å²) in [5.74, 6) is -0.817. The first-order valence-electron chi connectivity index (χ1n) is 3.59. The Morgan fingerprint density at radius 1 is 1.45 bits per heavy atom. The summed E-state index contributed by atoms with van der Waals surface area (Å²) in [4.78, 5) is 10.7. The fourth-order valence-electron chi connectivity index (χ4n) is 1.18. The summed E-state index contributed by atoms with van der Waals surface area (Å²) in [7, 11) is 0. The molecule has 60 valence electrons.